The van der Waals surface area contributed by atoms with E-state index in [0.717, 1.165) is 11.3 Å². The molecule has 0 fully saturated rings. The van der Waals surface area contributed by atoms with Crippen LogP contribution in [0, 0.1) is 5.92 Å². The lowest BCUT2D eigenvalue weighted by Gasteiger charge is -2.14. The summed E-state index contributed by atoms with van der Waals surface area (Å²) in [6.07, 6.45) is 1.77. The van der Waals surface area contributed by atoms with Gasteiger partial charge in [-0.15, -0.1) is 0 Å². The Morgan fingerprint density at radius 3 is 2.50 bits per heavy atom. The second kappa shape index (κ2) is 8.84. The molecule has 0 spiro atoms. The van der Waals surface area contributed by atoms with E-state index in [9.17, 15) is 19.5 Å². The maximum Gasteiger partial charge on any atom is 0.308 e. The Bertz CT molecular complexity index is 827. The third-order valence-electron chi connectivity index (χ3n) is 3.94. The van der Waals surface area contributed by atoms with Crippen molar-refractivity contribution in [3.63, 3.8) is 0 Å². The molecule has 1 amide bonds. The van der Waals surface area contributed by atoms with E-state index >= 15 is 0 Å². The van der Waals surface area contributed by atoms with Crippen molar-refractivity contribution in [2.24, 2.45) is 13.0 Å². The van der Waals surface area contributed by atoms with E-state index in [-0.39, 0.29) is 24.1 Å². The van der Waals surface area contributed by atoms with Crippen LogP contribution in [0.1, 0.15) is 22.8 Å². The second-order valence-corrected chi connectivity index (χ2v) is 5.89. The topological polar surface area (TPSA) is 97.6 Å². The average molecular weight is 358 g/mol. The van der Waals surface area contributed by atoms with Crippen molar-refractivity contribution in [1.82, 2.24) is 9.88 Å². The number of carboxylic acid groups (broad SMARTS) is 1. The fourth-order valence-electron chi connectivity index (χ4n) is 2.43. The van der Waals surface area contributed by atoms with E-state index < -0.39 is 17.8 Å². The molecule has 1 heterocycles. The quantitative estimate of drug-likeness (QED) is 0.744. The summed E-state index contributed by atoms with van der Waals surface area (Å²) >= 11 is 0. The number of ether oxygens (including phenoxy) is 1. The molecule has 0 radical (unpaired) electrons. The summed E-state index contributed by atoms with van der Waals surface area (Å²) in [5.74, 6) is -1.52. The summed E-state index contributed by atoms with van der Waals surface area (Å²) in [4.78, 5) is 35.2. The van der Waals surface area contributed by atoms with Gasteiger partial charge in [0.15, 0.2) is 0 Å². The predicted molar refractivity (Wildman–Crippen MR) is 96.5 cm³/mol. The molecule has 0 saturated heterocycles. The first kappa shape index (κ1) is 19.2. The number of carbonyl (C=O) groups is 2. The van der Waals surface area contributed by atoms with Crippen molar-refractivity contribution >= 4 is 11.9 Å². The lowest BCUT2D eigenvalue weighted by Crippen LogP contribution is -2.34. The molecule has 7 nitrogen and oxygen atoms in total. The molecular weight excluding hydrogens is 336 g/mol. The van der Waals surface area contributed by atoms with Crippen LogP contribution in [0.2, 0.25) is 0 Å². The maximum absolute atomic E-state index is 12.1. The molecule has 1 aromatic carbocycles. The fraction of sp³-hybridized carbons (Fsp3) is 0.316. The number of amides is 1. The number of hydrogen-bond donors (Lipinski definition) is 2. The summed E-state index contributed by atoms with van der Waals surface area (Å²) in [5, 5.41) is 12.0. The van der Waals surface area contributed by atoms with E-state index in [1.54, 1.807) is 19.2 Å². The molecule has 1 aromatic heterocycles. The first-order chi connectivity index (χ1) is 12.4. The van der Waals surface area contributed by atoms with E-state index in [1.807, 2.05) is 19.1 Å². The van der Waals surface area contributed by atoms with Crippen molar-refractivity contribution in [3.8, 4) is 5.75 Å². The number of aliphatic carboxylic acids is 1. The highest BCUT2D eigenvalue weighted by Crippen LogP contribution is 2.15. The summed E-state index contributed by atoms with van der Waals surface area (Å²) in [5.41, 5.74) is 0.740. The molecule has 0 bridgehead atoms. The maximum atomic E-state index is 12.1. The lowest BCUT2D eigenvalue weighted by molar-refractivity contribution is -0.141. The van der Waals surface area contributed by atoms with Gasteiger partial charge in [-0.05, 0) is 37.1 Å². The third kappa shape index (κ3) is 5.20. The number of aromatic nitrogens is 1. The van der Waals surface area contributed by atoms with Gasteiger partial charge in [0.1, 0.15) is 5.75 Å². The van der Waals surface area contributed by atoms with Crippen LogP contribution < -0.4 is 15.6 Å². The van der Waals surface area contributed by atoms with E-state index in [0.29, 0.717) is 6.61 Å². The van der Waals surface area contributed by atoms with Crippen LogP contribution in [-0.4, -0.2) is 34.7 Å². The van der Waals surface area contributed by atoms with Crippen molar-refractivity contribution in [3.05, 3.63) is 64.1 Å². The molecule has 7 heteroatoms. The minimum Gasteiger partial charge on any atom is -0.494 e. The molecule has 1 unspecified atom stereocenters. The molecule has 0 aliphatic rings. The van der Waals surface area contributed by atoms with Crippen LogP contribution >= 0.6 is 0 Å². The minimum absolute atomic E-state index is 0.0312. The zero-order valence-corrected chi connectivity index (χ0v) is 14.8. The van der Waals surface area contributed by atoms with Gasteiger partial charge in [0.25, 0.3) is 11.5 Å². The number of nitrogens with zero attached hydrogens (tertiary/aromatic N) is 1. The van der Waals surface area contributed by atoms with Crippen LogP contribution in [0.4, 0.5) is 0 Å². The number of benzene rings is 1. The Morgan fingerprint density at radius 2 is 1.92 bits per heavy atom. The molecule has 138 valence electrons. The minimum atomic E-state index is -0.997. The number of carbonyl (C=O) groups excluding carboxylic acids is 1. The highest BCUT2D eigenvalue weighted by Gasteiger charge is 2.19. The molecule has 0 saturated carbocycles. The van der Waals surface area contributed by atoms with Gasteiger partial charge in [-0.1, -0.05) is 12.1 Å². The number of rotatable bonds is 8. The van der Waals surface area contributed by atoms with Gasteiger partial charge in [0.2, 0.25) is 0 Å². The number of carboxylic acids is 1. The Kier molecular flexibility index (Phi) is 6.54. The molecule has 0 aliphatic heterocycles. The van der Waals surface area contributed by atoms with Crippen LogP contribution in [-0.2, 0) is 18.3 Å². The van der Waals surface area contributed by atoms with Gasteiger partial charge >= 0.3 is 5.97 Å². The molecule has 26 heavy (non-hydrogen) atoms. The van der Waals surface area contributed by atoms with Gasteiger partial charge < -0.3 is 19.7 Å². The number of hydrogen-bond acceptors (Lipinski definition) is 4. The Balaban J connectivity index is 1.99. The lowest BCUT2D eigenvalue weighted by atomic mass is 9.99. The normalized spacial score (nSPS) is 11.6. The smallest absolute Gasteiger partial charge is 0.308 e. The molecular formula is C19H22N2O5. The second-order valence-electron chi connectivity index (χ2n) is 5.89. The molecule has 0 aliphatic carbocycles. The highest BCUT2D eigenvalue weighted by molar-refractivity contribution is 5.94. The summed E-state index contributed by atoms with van der Waals surface area (Å²) in [6, 6.07) is 9.93. The zero-order chi connectivity index (χ0) is 19.1. The SMILES string of the molecule is CCOc1ccc(CC(CNC(=O)c2ccn(C)c(=O)c2)C(=O)O)cc1. The third-order valence-corrected chi connectivity index (χ3v) is 3.94. The first-order valence-corrected chi connectivity index (χ1v) is 8.30. The largest absolute Gasteiger partial charge is 0.494 e. The van der Waals surface area contributed by atoms with Crippen LogP contribution in [0.5, 0.6) is 5.75 Å². The Hall–Kier alpha value is -3.09. The highest BCUT2D eigenvalue weighted by atomic mass is 16.5. The van der Waals surface area contributed by atoms with Gasteiger partial charge in [0, 0.05) is 31.4 Å². The van der Waals surface area contributed by atoms with Crippen molar-refractivity contribution < 1.29 is 19.4 Å². The van der Waals surface area contributed by atoms with Crippen LogP contribution in [0.25, 0.3) is 0 Å². The van der Waals surface area contributed by atoms with Crippen molar-refractivity contribution in [2.45, 2.75) is 13.3 Å². The number of nitrogens with one attached hydrogen (secondary N) is 1. The fourth-order valence-corrected chi connectivity index (χ4v) is 2.43. The van der Waals surface area contributed by atoms with E-state index in [1.165, 1.54) is 22.9 Å². The van der Waals surface area contributed by atoms with Crippen molar-refractivity contribution in [1.29, 1.82) is 0 Å². The average Bonchev–Trinajstić information content (AvgIpc) is 2.62. The predicted octanol–water partition coefficient (Wildman–Crippen LogP) is 1.46. The van der Waals surface area contributed by atoms with Crippen molar-refractivity contribution in [2.75, 3.05) is 13.2 Å². The summed E-state index contributed by atoms with van der Waals surface area (Å²) in [6.45, 7) is 2.42. The number of aryl methyl sites for hydroxylation is 1. The van der Waals surface area contributed by atoms with Crippen LogP contribution in [0.3, 0.4) is 0 Å². The summed E-state index contributed by atoms with van der Waals surface area (Å²) < 4.78 is 6.71. The Labute approximate surface area is 151 Å². The summed E-state index contributed by atoms with van der Waals surface area (Å²) in [7, 11) is 1.58. The van der Waals surface area contributed by atoms with E-state index in [2.05, 4.69) is 5.32 Å². The monoisotopic (exact) mass is 358 g/mol. The van der Waals surface area contributed by atoms with Gasteiger partial charge in [-0.3, -0.25) is 14.4 Å². The van der Waals surface area contributed by atoms with Gasteiger partial charge in [-0.25, -0.2) is 0 Å². The molecule has 1 atom stereocenters. The Morgan fingerprint density at radius 1 is 1.23 bits per heavy atom. The standard InChI is InChI=1S/C19H22N2O5/c1-3-26-16-6-4-13(5-7-16)10-15(19(24)25)12-20-18(23)14-8-9-21(2)17(22)11-14/h4-9,11,15H,3,10,12H2,1-2H3,(H,20,23)(H,24,25). The zero-order valence-electron chi connectivity index (χ0n) is 14.8. The molecule has 2 rings (SSSR count). The first-order valence-electron chi connectivity index (χ1n) is 8.30. The molecule has 2 N–H and O–H groups in total. The van der Waals surface area contributed by atoms with Crippen LogP contribution in [0.15, 0.2) is 47.4 Å². The van der Waals surface area contributed by atoms with E-state index in [4.69, 9.17) is 4.74 Å². The number of pyridine rings is 1. The van der Waals surface area contributed by atoms with Gasteiger partial charge in [-0.2, -0.15) is 0 Å². The molecule has 2 aromatic rings. The van der Waals surface area contributed by atoms with Gasteiger partial charge in [0.05, 0.1) is 12.5 Å².